The lowest BCUT2D eigenvalue weighted by Gasteiger charge is -2.11. The van der Waals surface area contributed by atoms with E-state index in [2.05, 4.69) is 15.5 Å². The third-order valence-electron chi connectivity index (χ3n) is 3.61. The van der Waals surface area contributed by atoms with E-state index < -0.39 is 6.10 Å². The predicted octanol–water partition coefficient (Wildman–Crippen LogP) is 2.42. The second-order valence-electron chi connectivity index (χ2n) is 5.11. The molecule has 1 unspecified atom stereocenters. The molecule has 22 heavy (non-hydrogen) atoms. The molecule has 1 heterocycles. The zero-order valence-corrected chi connectivity index (χ0v) is 12.0. The van der Waals surface area contributed by atoms with Gasteiger partial charge in [-0.1, -0.05) is 42.5 Å². The minimum absolute atomic E-state index is 0.171. The number of aliphatic hydroxyl groups is 1. The molecule has 5 nitrogen and oxygen atoms in total. The normalized spacial score (nSPS) is 12.2. The first-order valence-electron chi connectivity index (χ1n) is 7.19. The lowest BCUT2D eigenvalue weighted by molar-refractivity contribution is 0.0944. The first-order chi connectivity index (χ1) is 10.8. The van der Waals surface area contributed by atoms with Crippen molar-refractivity contribution in [3.8, 4) is 0 Å². The number of aliphatic hydroxyl groups excluding tert-OH is 1. The summed E-state index contributed by atoms with van der Waals surface area (Å²) in [6.45, 7) is 0.402. The molecule has 3 aromatic rings. The number of H-pyrrole nitrogens is 1. The van der Waals surface area contributed by atoms with Crippen LogP contribution < -0.4 is 5.32 Å². The summed E-state index contributed by atoms with van der Waals surface area (Å²) in [5.41, 5.74) is 2.14. The first-order valence-corrected chi connectivity index (χ1v) is 7.19. The van der Waals surface area contributed by atoms with Crippen molar-refractivity contribution in [2.75, 3.05) is 6.54 Å². The van der Waals surface area contributed by atoms with Gasteiger partial charge < -0.3 is 10.4 Å². The average molecular weight is 295 g/mol. The topological polar surface area (TPSA) is 78.0 Å². The van der Waals surface area contributed by atoms with Gasteiger partial charge in [-0.25, -0.2) is 0 Å². The summed E-state index contributed by atoms with van der Waals surface area (Å²) in [5.74, 6) is -0.171. The zero-order chi connectivity index (χ0) is 15.4. The Bertz CT molecular complexity index is 768. The van der Waals surface area contributed by atoms with Crippen LogP contribution in [0.5, 0.6) is 0 Å². The van der Waals surface area contributed by atoms with Crippen molar-refractivity contribution in [3.05, 3.63) is 65.9 Å². The van der Waals surface area contributed by atoms with Crippen molar-refractivity contribution < 1.29 is 9.90 Å². The van der Waals surface area contributed by atoms with Gasteiger partial charge in [-0.15, -0.1) is 0 Å². The van der Waals surface area contributed by atoms with Gasteiger partial charge in [0.1, 0.15) is 0 Å². The van der Waals surface area contributed by atoms with Crippen LogP contribution in [0.4, 0.5) is 0 Å². The first kappa shape index (κ1) is 14.3. The molecule has 0 bridgehead atoms. The van der Waals surface area contributed by atoms with Gasteiger partial charge in [-0.3, -0.25) is 9.89 Å². The number of benzene rings is 2. The molecule has 0 aliphatic rings. The molecule has 5 heteroatoms. The number of carbonyl (C=O) groups is 1. The van der Waals surface area contributed by atoms with Crippen LogP contribution in [0, 0.1) is 0 Å². The van der Waals surface area contributed by atoms with Crippen molar-refractivity contribution in [1.29, 1.82) is 0 Å². The zero-order valence-electron chi connectivity index (χ0n) is 12.0. The molecule has 112 valence electrons. The van der Waals surface area contributed by atoms with Gasteiger partial charge in [-0.05, 0) is 18.1 Å². The molecule has 0 spiro atoms. The third kappa shape index (κ3) is 2.99. The van der Waals surface area contributed by atoms with Crippen molar-refractivity contribution >= 4 is 16.8 Å². The Morgan fingerprint density at radius 3 is 2.82 bits per heavy atom. The van der Waals surface area contributed by atoms with Gasteiger partial charge in [-0.2, -0.15) is 5.10 Å². The fraction of sp³-hybridized carbons (Fsp3) is 0.176. The highest BCUT2D eigenvalue weighted by atomic mass is 16.3. The van der Waals surface area contributed by atoms with Gasteiger partial charge in [0, 0.05) is 11.9 Å². The number of aromatic nitrogens is 2. The number of hydrogen-bond acceptors (Lipinski definition) is 3. The summed E-state index contributed by atoms with van der Waals surface area (Å²) in [5, 5.41) is 20.6. The Labute approximate surface area is 128 Å². The largest absolute Gasteiger partial charge is 0.388 e. The van der Waals surface area contributed by atoms with E-state index in [4.69, 9.17) is 0 Å². The maximum Gasteiger partial charge on any atom is 0.253 e. The molecular weight excluding hydrogens is 278 g/mol. The predicted molar refractivity (Wildman–Crippen MR) is 84.4 cm³/mol. The molecule has 3 N–H and O–H groups in total. The highest BCUT2D eigenvalue weighted by Gasteiger charge is 2.12. The Balaban J connectivity index is 1.60. The fourth-order valence-corrected chi connectivity index (χ4v) is 2.42. The summed E-state index contributed by atoms with van der Waals surface area (Å²) in [4.78, 5) is 12.2. The number of aromatic amines is 1. The molecule has 0 fully saturated rings. The van der Waals surface area contributed by atoms with Gasteiger partial charge >= 0.3 is 0 Å². The van der Waals surface area contributed by atoms with E-state index >= 15 is 0 Å². The summed E-state index contributed by atoms with van der Waals surface area (Å²) >= 11 is 0. The number of para-hydroxylation sites is 1. The summed E-state index contributed by atoms with van der Waals surface area (Å²) in [7, 11) is 0. The van der Waals surface area contributed by atoms with E-state index in [9.17, 15) is 9.90 Å². The van der Waals surface area contributed by atoms with E-state index in [0.29, 0.717) is 18.5 Å². The third-order valence-corrected chi connectivity index (χ3v) is 3.61. The SMILES string of the molecule is O=C(NCCC(O)c1ccccc1)c1cccc2cn[nH]c12. The summed E-state index contributed by atoms with van der Waals surface area (Å²) in [6, 6.07) is 14.9. The van der Waals surface area contributed by atoms with Crippen LogP contribution in [-0.2, 0) is 0 Å². The number of hydrogen-bond donors (Lipinski definition) is 3. The average Bonchev–Trinajstić information content (AvgIpc) is 3.04. The fourth-order valence-electron chi connectivity index (χ4n) is 2.42. The van der Waals surface area contributed by atoms with Crippen LogP contribution in [0.25, 0.3) is 10.9 Å². The van der Waals surface area contributed by atoms with Crippen molar-refractivity contribution in [2.24, 2.45) is 0 Å². The summed E-state index contributed by atoms with van der Waals surface area (Å²) < 4.78 is 0. The smallest absolute Gasteiger partial charge is 0.253 e. The molecule has 2 aromatic carbocycles. The van der Waals surface area contributed by atoms with E-state index in [1.807, 2.05) is 42.5 Å². The maximum absolute atomic E-state index is 12.2. The molecule has 0 saturated heterocycles. The van der Waals surface area contributed by atoms with Crippen molar-refractivity contribution in [1.82, 2.24) is 15.5 Å². The molecule has 1 atom stereocenters. The quantitative estimate of drug-likeness (QED) is 0.676. The summed E-state index contributed by atoms with van der Waals surface area (Å²) in [6.07, 6.45) is 1.57. The molecule has 0 aliphatic carbocycles. The Hall–Kier alpha value is -2.66. The number of nitrogens with zero attached hydrogens (tertiary/aromatic N) is 1. The minimum Gasteiger partial charge on any atom is -0.388 e. The van der Waals surface area contributed by atoms with E-state index in [-0.39, 0.29) is 5.91 Å². The Kier molecular flexibility index (Phi) is 4.16. The number of carbonyl (C=O) groups excluding carboxylic acids is 1. The van der Waals surface area contributed by atoms with Gasteiger partial charge in [0.05, 0.1) is 23.4 Å². The maximum atomic E-state index is 12.2. The molecule has 1 aromatic heterocycles. The second-order valence-corrected chi connectivity index (χ2v) is 5.11. The lowest BCUT2D eigenvalue weighted by Crippen LogP contribution is -2.25. The van der Waals surface area contributed by atoms with Crippen molar-refractivity contribution in [3.63, 3.8) is 0 Å². The van der Waals surface area contributed by atoms with E-state index in [1.165, 1.54) is 0 Å². The van der Waals surface area contributed by atoms with Crippen LogP contribution in [0.3, 0.4) is 0 Å². The minimum atomic E-state index is -0.579. The number of fused-ring (bicyclic) bond motifs is 1. The molecule has 0 saturated carbocycles. The van der Waals surface area contributed by atoms with Crippen LogP contribution in [0.2, 0.25) is 0 Å². The van der Waals surface area contributed by atoms with Gasteiger partial charge in [0.2, 0.25) is 0 Å². The van der Waals surface area contributed by atoms with Crippen LogP contribution in [0.15, 0.2) is 54.7 Å². The number of nitrogens with one attached hydrogen (secondary N) is 2. The highest BCUT2D eigenvalue weighted by molar-refractivity contribution is 6.05. The number of amides is 1. The highest BCUT2D eigenvalue weighted by Crippen LogP contribution is 2.17. The standard InChI is InChI=1S/C17H17N3O2/c21-15(12-5-2-1-3-6-12)9-10-18-17(22)14-8-4-7-13-11-19-20-16(13)14/h1-8,11,15,21H,9-10H2,(H,18,22)(H,19,20). The monoisotopic (exact) mass is 295 g/mol. The van der Waals surface area contributed by atoms with Gasteiger partial charge in [0.25, 0.3) is 5.91 Å². The molecule has 3 rings (SSSR count). The van der Waals surface area contributed by atoms with Crippen LogP contribution in [0.1, 0.15) is 28.4 Å². The van der Waals surface area contributed by atoms with Crippen molar-refractivity contribution in [2.45, 2.75) is 12.5 Å². The molecular formula is C17H17N3O2. The second kappa shape index (κ2) is 6.41. The molecule has 0 aliphatic heterocycles. The molecule has 1 amide bonds. The van der Waals surface area contributed by atoms with Gasteiger partial charge in [0.15, 0.2) is 0 Å². The lowest BCUT2D eigenvalue weighted by atomic mass is 10.1. The van der Waals surface area contributed by atoms with E-state index in [0.717, 1.165) is 16.5 Å². The van der Waals surface area contributed by atoms with Crippen LogP contribution >= 0.6 is 0 Å². The molecule has 0 radical (unpaired) electrons. The van der Waals surface area contributed by atoms with E-state index in [1.54, 1.807) is 12.3 Å². The Morgan fingerprint density at radius 1 is 1.18 bits per heavy atom. The number of rotatable bonds is 5. The Morgan fingerprint density at radius 2 is 2.00 bits per heavy atom. The van der Waals surface area contributed by atoms with Crippen LogP contribution in [-0.4, -0.2) is 27.8 Å².